The number of carbonyl (C=O) groups excluding carboxylic acids is 1. The van der Waals surface area contributed by atoms with Crippen LogP contribution in [0.5, 0.6) is 0 Å². The van der Waals surface area contributed by atoms with E-state index in [1.807, 2.05) is 0 Å². The summed E-state index contributed by atoms with van der Waals surface area (Å²) in [5, 5.41) is 10.2. The van der Waals surface area contributed by atoms with Crippen molar-refractivity contribution in [2.75, 3.05) is 0 Å². The van der Waals surface area contributed by atoms with Gasteiger partial charge in [-0.2, -0.15) is 13.2 Å². The van der Waals surface area contributed by atoms with Gasteiger partial charge in [0.25, 0.3) is 5.91 Å². The summed E-state index contributed by atoms with van der Waals surface area (Å²) in [7, 11) is 0. The Morgan fingerprint density at radius 1 is 1.08 bits per heavy atom. The lowest BCUT2D eigenvalue weighted by Crippen LogP contribution is -2.52. The van der Waals surface area contributed by atoms with Gasteiger partial charge in [-0.25, -0.2) is 4.99 Å². The van der Waals surface area contributed by atoms with Gasteiger partial charge in [0.15, 0.2) is 0 Å². The Hall–Kier alpha value is -2.38. The van der Waals surface area contributed by atoms with Gasteiger partial charge in [0, 0.05) is 10.6 Å². The van der Waals surface area contributed by atoms with Crippen LogP contribution in [0.25, 0.3) is 0 Å². The molecular weight excluding hydrogens is 357 g/mol. The number of amides is 1. The van der Waals surface area contributed by atoms with Crippen molar-refractivity contribution < 1.29 is 23.1 Å². The first-order valence-electron chi connectivity index (χ1n) is 7.24. The van der Waals surface area contributed by atoms with Crippen LogP contribution in [0.2, 0.25) is 5.02 Å². The van der Waals surface area contributed by atoms with Crippen LogP contribution in [0.1, 0.15) is 11.1 Å². The van der Waals surface area contributed by atoms with Gasteiger partial charge in [-0.1, -0.05) is 60.1 Å². The molecule has 3 rings (SSSR count). The highest BCUT2D eigenvalue weighted by Crippen LogP contribution is 2.38. The molecule has 0 aromatic heterocycles. The van der Waals surface area contributed by atoms with E-state index in [0.29, 0.717) is 10.6 Å². The van der Waals surface area contributed by atoms with Gasteiger partial charge in [-0.15, -0.1) is 0 Å². The Kier molecular flexibility index (Phi) is 4.30. The smallest absolute Gasteiger partial charge is 0.355 e. The maximum absolute atomic E-state index is 13.2. The first-order chi connectivity index (χ1) is 11.7. The van der Waals surface area contributed by atoms with Gasteiger partial charge in [0.2, 0.25) is 0 Å². The van der Waals surface area contributed by atoms with Gasteiger partial charge in [-0.05, 0) is 11.6 Å². The Bertz CT molecular complexity index is 839. The number of benzene rings is 2. The van der Waals surface area contributed by atoms with E-state index in [9.17, 15) is 23.1 Å². The second kappa shape index (κ2) is 6.16. The van der Waals surface area contributed by atoms with Crippen molar-refractivity contribution in [2.24, 2.45) is 4.99 Å². The van der Waals surface area contributed by atoms with Crippen LogP contribution in [0.15, 0.2) is 59.6 Å². The first-order valence-corrected chi connectivity index (χ1v) is 7.61. The van der Waals surface area contributed by atoms with E-state index in [0.717, 1.165) is 4.90 Å². The zero-order valence-electron chi connectivity index (χ0n) is 12.7. The van der Waals surface area contributed by atoms with E-state index < -0.39 is 17.8 Å². The lowest BCUT2D eigenvalue weighted by atomic mass is 10.1. The maximum Gasteiger partial charge on any atom is 0.448 e. The minimum atomic E-state index is -5.24. The molecule has 8 heteroatoms. The topological polar surface area (TPSA) is 52.9 Å². The minimum Gasteiger partial charge on any atom is -0.355 e. The molecule has 1 heterocycles. The number of aliphatic hydroxyl groups is 1. The average Bonchev–Trinajstić information content (AvgIpc) is 2.83. The second-order valence-corrected chi connectivity index (χ2v) is 5.86. The van der Waals surface area contributed by atoms with Crippen LogP contribution in [0, 0.1) is 0 Å². The minimum absolute atomic E-state index is 0.245. The van der Waals surface area contributed by atoms with Gasteiger partial charge in [-0.3, -0.25) is 9.69 Å². The molecule has 0 saturated heterocycles. The average molecular weight is 369 g/mol. The summed E-state index contributed by atoms with van der Waals surface area (Å²) in [6.07, 6.45) is -5.24. The molecule has 2 aromatic carbocycles. The Morgan fingerprint density at radius 3 is 2.28 bits per heavy atom. The molecule has 130 valence electrons. The van der Waals surface area contributed by atoms with Crippen molar-refractivity contribution in [2.45, 2.75) is 18.4 Å². The molecule has 0 fully saturated rings. The lowest BCUT2D eigenvalue weighted by molar-refractivity contribution is -0.248. The van der Waals surface area contributed by atoms with E-state index in [1.54, 1.807) is 42.5 Å². The third-order valence-electron chi connectivity index (χ3n) is 3.78. The Labute approximate surface area is 146 Å². The zero-order valence-corrected chi connectivity index (χ0v) is 13.4. The van der Waals surface area contributed by atoms with E-state index >= 15 is 0 Å². The summed E-state index contributed by atoms with van der Waals surface area (Å²) in [5.74, 6) is -1.82. The molecule has 0 bridgehead atoms. The van der Waals surface area contributed by atoms with Crippen molar-refractivity contribution in [1.29, 1.82) is 0 Å². The third-order valence-corrected chi connectivity index (χ3v) is 4.15. The van der Waals surface area contributed by atoms with Crippen molar-refractivity contribution in [1.82, 2.24) is 4.90 Å². The first kappa shape index (κ1) is 17.4. The highest BCUT2D eigenvalue weighted by molar-refractivity contribution is 6.31. The largest absolute Gasteiger partial charge is 0.448 e. The van der Waals surface area contributed by atoms with Crippen LogP contribution in [-0.4, -0.2) is 33.7 Å². The number of carbonyl (C=O) groups is 1. The fraction of sp³-hybridized carbons (Fsp3) is 0.176. The van der Waals surface area contributed by atoms with Crippen LogP contribution in [0.4, 0.5) is 13.2 Å². The Balaban J connectivity index is 2.08. The molecule has 1 aliphatic heterocycles. The second-order valence-electron chi connectivity index (χ2n) is 5.45. The van der Waals surface area contributed by atoms with Crippen LogP contribution < -0.4 is 0 Å². The molecule has 0 saturated carbocycles. The molecule has 0 aliphatic carbocycles. The molecule has 1 aliphatic rings. The molecule has 0 unspecified atom stereocenters. The summed E-state index contributed by atoms with van der Waals surface area (Å²) >= 11 is 6.04. The number of rotatable bonds is 3. The third kappa shape index (κ3) is 3.01. The summed E-state index contributed by atoms with van der Waals surface area (Å²) < 4.78 is 39.7. The van der Waals surface area contributed by atoms with Crippen molar-refractivity contribution >= 4 is 23.3 Å². The molecule has 1 atom stereocenters. The SMILES string of the molecule is O=C1N(Cc2ccccc2Cl)C(c2ccccc2)=N[C@@]1(O)C(F)(F)F. The molecule has 1 N–H and O–H groups in total. The van der Waals surface area contributed by atoms with Crippen molar-refractivity contribution in [3.05, 3.63) is 70.7 Å². The van der Waals surface area contributed by atoms with Gasteiger partial charge < -0.3 is 5.11 Å². The fourth-order valence-electron chi connectivity index (χ4n) is 2.48. The number of hydrogen-bond donors (Lipinski definition) is 1. The molecule has 25 heavy (non-hydrogen) atoms. The monoisotopic (exact) mass is 368 g/mol. The molecule has 0 radical (unpaired) electrons. The highest BCUT2D eigenvalue weighted by Gasteiger charge is 2.65. The predicted molar refractivity (Wildman–Crippen MR) is 86.0 cm³/mol. The number of amidine groups is 1. The van der Waals surface area contributed by atoms with E-state index in [4.69, 9.17) is 11.6 Å². The molecule has 2 aromatic rings. The quantitative estimate of drug-likeness (QED) is 0.903. The van der Waals surface area contributed by atoms with Gasteiger partial charge >= 0.3 is 11.9 Å². The summed E-state index contributed by atoms with van der Waals surface area (Å²) in [4.78, 5) is 16.5. The molecule has 1 amide bonds. The normalized spacial score (nSPS) is 20.8. The standard InChI is InChI=1S/C17H12ClF3N2O2/c18-13-9-5-4-8-12(13)10-23-14(11-6-2-1-3-7-11)22-16(25,15(23)24)17(19,20)21/h1-9,25H,10H2/t16-/m0/s1. The molecule has 4 nitrogen and oxygen atoms in total. The fourth-order valence-corrected chi connectivity index (χ4v) is 2.68. The Morgan fingerprint density at radius 2 is 1.68 bits per heavy atom. The van der Waals surface area contributed by atoms with E-state index in [1.165, 1.54) is 12.1 Å². The number of aliphatic imine (C=N–C) groups is 1. The maximum atomic E-state index is 13.2. The van der Waals surface area contributed by atoms with Crippen LogP contribution in [0.3, 0.4) is 0 Å². The van der Waals surface area contributed by atoms with Crippen LogP contribution in [-0.2, 0) is 11.3 Å². The number of alkyl halides is 3. The van der Waals surface area contributed by atoms with E-state index in [-0.39, 0.29) is 17.9 Å². The zero-order chi connectivity index (χ0) is 18.2. The van der Waals surface area contributed by atoms with E-state index in [2.05, 4.69) is 4.99 Å². The highest BCUT2D eigenvalue weighted by atomic mass is 35.5. The van der Waals surface area contributed by atoms with Crippen molar-refractivity contribution in [3.63, 3.8) is 0 Å². The molecule has 0 spiro atoms. The van der Waals surface area contributed by atoms with Gasteiger partial charge in [0.1, 0.15) is 5.84 Å². The number of halogens is 4. The lowest BCUT2D eigenvalue weighted by Gasteiger charge is -2.24. The summed E-state index contributed by atoms with van der Waals surface area (Å²) in [6.45, 7) is -0.245. The number of hydrogen-bond acceptors (Lipinski definition) is 3. The number of nitrogens with zero attached hydrogens (tertiary/aromatic N) is 2. The van der Waals surface area contributed by atoms with Gasteiger partial charge in [0.05, 0.1) is 6.54 Å². The summed E-state index contributed by atoms with van der Waals surface area (Å²) in [5.41, 5.74) is -3.09. The molecular formula is C17H12ClF3N2O2. The van der Waals surface area contributed by atoms with Crippen molar-refractivity contribution in [3.8, 4) is 0 Å². The predicted octanol–water partition coefficient (Wildman–Crippen LogP) is 3.38. The summed E-state index contributed by atoms with van der Waals surface area (Å²) in [6, 6.07) is 14.3. The van der Waals surface area contributed by atoms with Crippen LogP contribution >= 0.6 is 11.6 Å².